The van der Waals surface area contributed by atoms with Crippen LogP contribution in [-0.4, -0.2) is 29.9 Å². The van der Waals surface area contributed by atoms with E-state index in [1.54, 1.807) is 0 Å². The van der Waals surface area contributed by atoms with Crippen LogP contribution < -0.4 is 16.4 Å². The lowest BCUT2D eigenvalue weighted by Gasteiger charge is -2.20. The Hall–Kier alpha value is -1.59. The molecule has 0 spiro atoms. The first kappa shape index (κ1) is 8.03. The van der Waals surface area contributed by atoms with E-state index in [0.29, 0.717) is 0 Å². The van der Waals surface area contributed by atoms with Gasteiger partial charge in [-0.3, -0.25) is 10.1 Å². The Labute approximate surface area is 75.3 Å². The lowest BCUT2D eigenvalue weighted by atomic mass is 10.2. The summed E-state index contributed by atoms with van der Waals surface area (Å²) in [5.41, 5.74) is 5.39. The summed E-state index contributed by atoms with van der Waals surface area (Å²) in [6.45, 7) is 1.97. The molecule has 13 heavy (non-hydrogen) atoms. The molecule has 2 atom stereocenters. The van der Waals surface area contributed by atoms with E-state index in [1.165, 1.54) is 0 Å². The zero-order chi connectivity index (χ0) is 9.42. The largest absolute Gasteiger partial charge is 0.370 e. The fourth-order valence-corrected chi connectivity index (χ4v) is 1.40. The minimum atomic E-state index is -0.373. The standard InChI is InChI=1S/C7H11N5O/c1-2-3-9-4-5(10-3)11-7(8)12-6(4)13/h4-5H,2H2,1H3,(H,9,10)(H3,8,11,12,13). The van der Waals surface area contributed by atoms with Crippen LogP contribution in [0.15, 0.2) is 9.98 Å². The van der Waals surface area contributed by atoms with Gasteiger partial charge in [0.1, 0.15) is 6.04 Å². The second-order valence-electron chi connectivity index (χ2n) is 2.97. The first-order valence-electron chi connectivity index (χ1n) is 4.18. The minimum Gasteiger partial charge on any atom is -0.370 e. The first-order chi connectivity index (χ1) is 6.20. The van der Waals surface area contributed by atoms with Gasteiger partial charge in [-0.2, -0.15) is 0 Å². The van der Waals surface area contributed by atoms with Crippen molar-refractivity contribution in [3.63, 3.8) is 0 Å². The predicted molar refractivity (Wildman–Crippen MR) is 48.2 cm³/mol. The third-order valence-electron chi connectivity index (χ3n) is 2.05. The smallest absolute Gasteiger partial charge is 0.253 e. The lowest BCUT2D eigenvalue weighted by molar-refractivity contribution is -0.121. The number of nitrogens with one attached hydrogen (secondary N) is 2. The van der Waals surface area contributed by atoms with Gasteiger partial charge in [0, 0.05) is 6.42 Å². The molecule has 0 aliphatic carbocycles. The number of amidine groups is 1. The van der Waals surface area contributed by atoms with Gasteiger partial charge in [0.25, 0.3) is 5.91 Å². The monoisotopic (exact) mass is 181 g/mol. The predicted octanol–water partition coefficient (Wildman–Crippen LogP) is -1.46. The highest BCUT2D eigenvalue weighted by molar-refractivity contribution is 6.04. The number of nitrogens with two attached hydrogens (primary N) is 1. The quantitative estimate of drug-likeness (QED) is 0.461. The summed E-state index contributed by atoms with van der Waals surface area (Å²) in [5, 5.41) is 5.44. The van der Waals surface area contributed by atoms with E-state index >= 15 is 0 Å². The summed E-state index contributed by atoms with van der Waals surface area (Å²) in [6.07, 6.45) is 0.402. The van der Waals surface area contributed by atoms with Crippen molar-refractivity contribution in [1.29, 1.82) is 0 Å². The molecular formula is C7H11N5O. The Bertz CT molecular complexity index is 308. The van der Waals surface area contributed by atoms with E-state index in [9.17, 15) is 4.79 Å². The first-order valence-corrected chi connectivity index (χ1v) is 4.18. The number of hydrogen-bond acceptors (Lipinski definition) is 5. The molecule has 2 aliphatic heterocycles. The Kier molecular flexibility index (Phi) is 1.68. The van der Waals surface area contributed by atoms with Crippen molar-refractivity contribution in [1.82, 2.24) is 10.6 Å². The summed E-state index contributed by atoms with van der Waals surface area (Å²) in [6, 6.07) is -0.373. The van der Waals surface area contributed by atoms with Crippen LogP contribution >= 0.6 is 0 Å². The molecule has 0 saturated heterocycles. The van der Waals surface area contributed by atoms with Crippen LogP contribution in [0.1, 0.15) is 13.3 Å². The van der Waals surface area contributed by atoms with Gasteiger partial charge < -0.3 is 11.1 Å². The number of aliphatic imine (C=N–C) groups is 2. The molecule has 70 valence electrons. The Morgan fingerprint density at radius 2 is 2.31 bits per heavy atom. The SMILES string of the molecule is CCC1=NC2N=C(N)NC(=O)C2N1. The highest BCUT2D eigenvalue weighted by atomic mass is 16.2. The third kappa shape index (κ3) is 1.24. The van der Waals surface area contributed by atoms with E-state index in [2.05, 4.69) is 20.6 Å². The van der Waals surface area contributed by atoms with E-state index in [-0.39, 0.29) is 24.1 Å². The summed E-state index contributed by atoms with van der Waals surface area (Å²) in [5.74, 6) is 0.794. The van der Waals surface area contributed by atoms with Crippen LogP contribution in [0.4, 0.5) is 0 Å². The minimum absolute atomic E-state index is 0.147. The van der Waals surface area contributed by atoms with Gasteiger partial charge >= 0.3 is 0 Å². The van der Waals surface area contributed by atoms with E-state index in [4.69, 9.17) is 5.73 Å². The molecule has 6 nitrogen and oxygen atoms in total. The number of guanidine groups is 1. The molecule has 0 saturated carbocycles. The molecule has 0 aromatic heterocycles. The zero-order valence-corrected chi connectivity index (χ0v) is 7.24. The van der Waals surface area contributed by atoms with Crippen LogP contribution in [0.25, 0.3) is 0 Å². The van der Waals surface area contributed by atoms with Crippen molar-refractivity contribution >= 4 is 17.7 Å². The topological polar surface area (TPSA) is 91.9 Å². The van der Waals surface area contributed by atoms with Gasteiger partial charge in [-0.05, 0) is 0 Å². The fourth-order valence-electron chi connectivity index (χ4n) is 1.40. The maximum absolute atomic E-state index is 11.3. The van der Waals surface area contributed by atoms with Crippen molar-refractivity contribution in [3.8, 4) is 0 Å². The second kappa shape index (κ2) is 2.72. The van der Waals surface area contributed by atoms with E-state index in [0.717, 1.165) is 12.3 Å². The molecule has 2 rings (SSSR count). The summed E-state index contributed by atoms with van der Waals surface area (Å²) in [7, 11) is 0. The number of rotatable bonds is 1. The number of hydrogen-bond donors (Lipinski definition) is 3. The molecule has 0 radical (unpaired) electrons. The second-order valence-corrected chi connectivity index (χ2v) is 2.97. The number of carbonyl (C=O) groups is 1. The third-order valence-corrected chi connectivity index (χ3v) is 2.05. The maximum Gasteiger partial charge on any atom is 0.253 e. The molecule has 2 aliphatic rings. The molecular weight excluding hydrogens is 170 g/mol. The van der Waals surface area contributed by atoms with Crippen LogP contribution in [0.2, 0.25) is 0 Å². The molecule has 0 fully saturated rings. The van der Waals surface area contributed by atoms with Gasteiger partial charge in [-0.15, -0.1) is 0 Å². The molecule has 4 N–H and O–H groups in total. The molecule has 6 heteroatoms. The van der Waals surface area contributed by atoms with Gasteiger partial charge in [0.15, 0.2) is 12.1 Å². The van der Waals surface area contributed by atoms with Gasteiger partial charge in [0.2, 0.25) is 0 Å². The van der Waals surface area contributed by atoms with E-state index < -0.39 is 0 Å². The van der Waals surface area contributed by atoms with Crippen molar-refractivity contribution in [2.75, 3.05) is 0 Å². The average molecular weight is 181 g/mol. The average Bonchev–Trinajstić information content (AvgIpc) is 2.47. The molecule has 2 heterocycles. The maximum atomic E-state index is 11.3. The van der Waals surface area contributed by atoms with E-state index in [1.807, 2.05) is 6.92 Å². The van der Waals surface area contributed by atoms with Gasteiger partial charge in [-0.1, -0.05) is 6.92 Å². The fraction of sp³-hybridized carbons (Fsp3) is 0.571. The molecule has 0 aromatic rings. The van der Waals surface area contributed by atoms with Gasteiger partial charge in [-0.25, -0.2) is 9.98 Å². The Morgan fingerprint density at radius 3 is 3.00 bits per heavy atom. The molecule has 0 aromatic carbocycles. The Morgan fingerprint density at radius 1 is 1.54 bits per heavy atom. The number of fused-ring (bicyclic) bond motifs is 1. The summed E-state index contributed by atoms with van der Waals surface area (Å²) in [4.78, 5) is 19.6. The van der Waals surface area contributed by atoms with Gasteiger partial charge in [0.05, 0.1) is 5.84 Å². The van der Waals surface area contributed by atoms with Crippen molar-refractivity contribution in [2.45, 2.75) is 25.6 Å². The highest BCUT2D eigenvalue weighted by Gasteiger charge is 2.36. The van der Waals surface area contributed by atoms with Crippen LogP contribution in [-0.2, 0) is 4.79 Å². The number of carbonyl (C=O) groups excluding carboxylic acids is 1. The van der Waals surface area contributed by atoms with Crippen LogP contribution in [0.3, 0.4) is 0 Å². The summed E-state index contributed by atoms with van der Waals surface area (Å²) < 4.78 is 0. The number of nitrogens with zero attached hydrogens (tertiary/aromatic N) is 2. The highest BCUT2D eigenvalue weighted by Crippen LogP contribution is 2.12. The molecule has 1 amide bonds. The summed E-state index contributed by atoms with van der Waals surface area (Å²) >= 11 is 0. The van der Waals surface area contributed by atoms with Crippen LogP contribution in [0.5, 0.6) is 0 Å². The van der Waals surface area contributed by atoms with Crippen molar-refractivity contribution < 1.29 is 4.79 Å². The Balaban J connectivity index is 2.24. The van der Waals surface area contributed by atoms with Crippen molar-refractivity contribution in [3.05, 3.63) is 0 Å². The molecule has 0 bridgehead atoms. The molecule has 2 unspecified atom stereocenters. The normalized spacial score (nSPS) is 31.3. The van der Waals surface area contributed by atoms with Crippen molar-refractivity contribution in [2.24, 2.45) is 15.7 Å². The zero-order valence-electron chi connectivity index (χ0n) is 7.24. The van der Waals surface area contributed by atoms with Crippen LogP contribution in [0, 0.1) is 0 Å². The lowest BCUT2D eigenvalue weighted by Crippen LogP contribution is -2.55. The number of amides is 1.